The van der Waals surface area contributed by atoms with Crippen molar-refractivity contribution in [2.24, 2.45) is 4.99 Å². The van der Waals surface area contributed by atoms with Gasteiger partial charge in [-0.15, -0.1) is 0 Å². The smallest absolute Gasteiger partial charge is 0.195 e. The third-order valence-corrected chi connectivity index (χ3v) is 11.4. The maximum absolute atomic E-state index is 7.19. The Morgan fingerprint density at radius 3 is 1.89 bits per heavy atom. The van der Waals surface area contributed by atoms with Crippen molar-refractivity contribution in [3.05, 3.63) is 109 Å². The fourth-order valence-corrected chi connectivity index (χ4v) is 8.79. The third-order valence-electron chi connectivity index (χ3n) is 10.2. The molecule has 0 bridgehead atoms. The standard InChI is InChI=1S/C42H47Br2NO2/c1-27-15-13-16-28(2)39(27)45-36(23-14-24-42(3,4)31-19-7-6-8-20-31)47-41-35(44)26-30-18-10-12-22-33(30)38(41)37-32-21-11-9-17-29(32)25-34(43)40(37)46-5/h6-8,13,15-16,19-20,25-26H,9-12,14,17-18,21-24H2,1-5H3. The maximum Gasteiger partial charge on any atom is 0.195 e. The van der Waals surface area contributed by atoms with E-state index in [1.165, 1.54) is 64.6 Å². The second kappa shape index (κ2) is 14.7. The van der Waals surface area contributed by atoms with Crippen LogP contribution in [-0.2, 0) is 31.1 Å². The van der Waals surface area contributed by atoms with Gasteiger partial charge in [0.2, 0.25) is 0 Å². The molecule has 2 aliphatic carbocycles. The number of benzene rings is 4. The lowest BCUT2D eigenvalue weighted by molar-refractivity contribution is 0.412. The van der Waals surface area contributed by atoms with Crippen LogP contribution in [0.1, 0.15) is 97.7 Å². The summed E-state index contributed by atoms with van der Waals surface area (Å²) in [5, 5.41) is 0. The van der Waals surface area contributed by atoms with Gasteiger partial charge in [0.25, 0.3) is 0 Å². The van der Waals surface area contributed by atoms with Crippen LogP contribution in [0.15, 0.2) is 74.6 Å². The molecule has 4 aromatic rings. The van der Waals surface area contributed by atoms with E-state index in [0.29, 0.717) is 0 Å². The molecule has 0 atom stereocenters. The highest BCUT2D eigenvalue weighted by Crippen LogP contribution is 2.51. The van der Waals surface area contributed by atoms with Crippen molar-refractivity contribution in [2.75, 3.05) is 7.11 Å². The Hall–Kier alpha value is -2.89. The van der Waals surface area contributed by atoms with Gasteiger partial charge < -0.3 is 9.47 Å². The van der Waals surface area contributed by atoms with E-state index in [1.54, 1.807) is 7.11 Å². The highest BCUT2D eigenvalue weighted by molar-refractivity contribution is 9.11. The summed E-state index contributed by atoms with van der Waals surface area (Å²) in [7, 11) is 1.80. The first-order chi connectivity index (χ1) is 22.7. The normalized spacial score (nSPS) is 14.8. The Morgan fingerprint density at radius 1 is 0.745 bits per heavy atom. The highest BCUT2D eigenvalue weighted by Gasteiger charge is 2.30. The summed E-state index contributed by atoms with van der Waals surface area (Å²) < 4.78 is 15.4. The number of hydrogen-bond acceptors (Lipinski definition) is 3. The number of aryl methyl sites for hydroxylation is 4. The van der Waals surface area contributed by atoms with Gasteiger partial charge in [-0.2, -0.15) is 0 Å². The van der Waals surface area contributed by atoms with Crippen LogP contribution in [0.5, 0.6) is 11.5 Å². The minimum Gasteiger partial charge on any atom is -0.495 e. The minimum atomic E-state index is 0.0469. The summed E-state index contributed by atoms with van der Waals surface area (Å²) in [5.74, 6) is 2.52. The van der Waals surface area contributed by atoms with Crippen LogP contribution in [0.3, 0.4) is 0 Å². The van der Waals surface area contributed by atoms with Gasteiger partial charge >= 0.3 is 0 Å². The van der Waals surface area contributed by atoms with Crippen molar-refractivity contribution < 1.29 is 9.47 Å². The van der Waals surface area contributed by atoms with E-state index in [9.17, 15) is 0 Å². The molecule has 0 unspecified atom stereocenters. The summed E-state index contributed by atoms with van der Waals surface area (Å²) >= 11 is 7.93. The monoisotopic (exact) mass is 755 g/mol. The highest BCUT2D eigenvalue weighted by atomic mass is 79.9. The lowest BCUT2D eigenvalue weighted by Crippen LogP contribution is -2.19. The maximum atomic E-state index is 7.19. The van der Waals surface area contributed by atoms with Crippen molar-refractivity contribution in [3.8, 4) is 22.6 Å². The largest absolute Gasteiger partial charge is 0.495 e. The van der Waals surface area contributed by atoms with Gasteiger partial charge in [-0.3, -0.25) is 0 Å². The summed E-state index contributed by atoms with van der Waals surface area (Å²) in [5.41, 5.74) is 12.7. The molecule has 0 amide bonds. The number of fused-ring (bicyclic) bond motifs is 2. The minimum absolute atomic E-state index is 0.0469. The summed E-state index contributed by atoms with van der Waals surface area (Å²) in [4.78, 5) is 5.31. The van der Waals surface area contributed by atoms with Crippen LogP contribution >= 0.6 is 31.9 Å². The van der Waals surface area contributed by atoms with Crippen LogP contribution < -0.4 is 9.47 Å². The van der Waals surface area contributed by atoms with E-state index in [-0.39, 0.29) is 5.41 Å². The molecule has 0 fully saturated rings. The molecule has 6 rings (SSSR count). The van der Waals surface area contributed by atoms with E-state index >= 15 is 0 Å². The molecule has 0 heterocycles. The number of para-hydroxylation sites is 1. The van der Waals surface area contributed by atoms with Crippen molar-refractivity contribution in [3.63, 3.8) is 0 Å². The second-order valence-corrected chi connectivity index (χ2v) is 15.7. The first kappa shape index (κ1) is 34.0. The van der Waals surface area contributed by atoms with Crippen LogP contribution in [0.2, 0.25) is 0 Å². The molecular formula is C42H47Br2NO2. The average Bonchev–Trinajstić information content (AvgIpc) is 3.06. The van der Waals surface area contributed by atoms with E-state index in [0.717, 1.165) is 88.1 Å². The van der Waals surface area contributed by atoms with E-state index in [1.807, 2.05) is 0 Å². The van der Waals surface area contributed by atoms with Gasteiger partial charge in [0, 0.05) is 17.5 Å². The van der Waals surface area contributed by atoms with Gasteiger partial charge in [0.15, 0.2) is 11.6 Å². The zero-order valence-corrected chi connectivity index (χ0v) is 31.7. The van der Waals surface area contributed by atoms with Gasteiger partial charge in [-0.1, -0.05) is 62.4 Å². The number of rotatable bonds is 9. The fourth-order valence-electron chi connectivity index (χ4n) is 7.59. The molecule has 246 valence electrons. The third kappa shape index (κ3) is 7.27. The molecule has 0 aliphatic heterocycles. The van der Waals surface area contributed by atoms with Gasteiger partial charge in [-0.25, -0.2) is 4.99 Å². The lowest BCUT2D eigenvalue weighted by atomic mass is 9.80. The number of halogens is 2. The molecule has 2 aliphatic rings. The molecule has 0 N–H and O–H groups in total. The van der Waals surface area contributed by atoms with E-state index in [4.69, 9.17) is 14.5 Å². The Bertz CT molecular complexity index is 1770. The van der Waals surface area contributed by atoms with E-state index in [2.05, 4.69) is 120 Å². The molecule has 47 heavy (non-hydrogen) atoms. The molecule has 4 aromatic carbocycles. The molecule has 0 saturated carbocycles. The van der Waals surface area contributed by atoms with Crippen molar-refractivity contribution in [1.29, 1.82) is 0 Å². The number of hydrogen-bond donors (Lipinski definition) is 0. The Morgan fingerprint density at radius 2 is 1.30 bits per heavy atom. The number of nitrogens with zero attached hydrogens (tertiary/aromatic N) is 1. The summed E-state index contributed by atoms with van der Waals surface area (Å²) in [6.45, 7) is 8.96. The molecule has 0 aromatic heterocycles. The predicted molar refractivity (Wildman–Crippen MR) is 204 cm³/mol. The number of methoxy groups -OCH3 is 1. The summed E-state index contributed by atoms with van der Waals surface area (Å²) in [6, 6.07) is 21.8. The first-order valence-electron chi connectivity index (χ1n) is 17.3. The van der Waals surface area contributed by atoms with Gasteiger partial charge in [0.05, 0.1) is 21.7 Å². The van der Waals surface area contributed by atoms with Crippen molar-refractivity contribution >= 4 is 43.4 Å². The van der Waals surface area contributed by atoms with Crippen LogP contribution in [0.4, 0.5) is 5.69 Å². The molecule has 5 heteroatoms. The topological polar surface area (TPSA) is 30.8 Å². The van der Waals surface area contributed by atoms with Crippen molar-refractivity contribution in [2.45, 2.75) is 104 Å². The lowest BCUT2D eigenvalue weighted by Gasteiger charge is -2.29. The van der Waals surface area contributed by atoms with Crippen molar-refractivity contribution in [1.82, 2.24) is 0 Å². The van der Waals surface area contributed by atoms with Crippen LogP contribution in [0.25, 0.3) is 11.1 Å². The van der Waals surface area contributed by atoms with Gasteiger partial charge in [-0.05, 0) is 166 Å². The SMILES string of the molecule is COc1c(Br)cc2c(c1-c1c3c(cc(Br)c1OC(CCCC(C)(C)c1ccccc1)=Nc1c(C)cccc1C)CCCC3)CCCC2. The van der Waals surface area contributed by atoms with E-state index < -0.39 is 0 Å². The summed E-state index contributed by atoms with van der Waals surface area (Å²) in [6.07, 6.45) is 11.8. The van der Waals surface area contributed by atoms with Gasteiger partial charge in [0.1, 0.15) is 5.75 Å². The molecule has 0 radical (unpaired) electrons. The quantitative estimate of drug-likeness (QED) is 0.126. The molecule has 0 spiro atoms. The zero-order valence-electron chi connectivity index (χ0n) is 28.6. The number of aliphatic imine (C=N–C) groups is 1. The average molecular weight is 758 g/mol. The van der Waals surface area contributed by atoms with Crippen LogP contribution in [-0.4, -0.2) is 13.0 Å². The Kier molecular flexibility index (Phi) is 10.6. The fraction of sp³-hybridized carbons (Fsp3) is 0.405. The number of ether oxygens (including phenoxy) is 2. The molecular weight excluding hydrogens is 710 g/mol. The molecule has 0 saturated heterocycles. The Balaban J connectivity index is 1.48. The Labute approximate surface area is 298 Å². The predicted octanol–water partition coefficient (Wildman–Crippen LogP) is 12.5. The second-order valence-electron chi connectivity index (χ2n) is 14.0. The zero-order chi connectivity index (χ0) is 33.1. The first-order valence-corrected chi connectivity index (χ1v) is 18.9. The molecule has 3 nitrogen and oxygen atoms in total. The van der Waals surface area contributed by atoms with Crippen LogP contribution in [0, 0.1) is 13.8 Å².